The van der Waals surface area contributed by atoms with Crippen LogP contribution in [0.5, 0.6) is 0 Å². The second kappa shape index (κ2) is 7.54. The molecule has 7 heteroatoms. The van der Waals surface area contributed by atoms with E-state index in [1.165, 1.54) is 0 Å². The molecule has 0 bridgehead atoms. The van der Waals surface area contributed by atoms with Crippen molar-refractivity contribution in [1.82, 2.24) is 0 Å². The number of anilines is 1. The summed E-state index contributed by atoms with van der Waals surface area (Å²) in [5, 5.41) is 2.57. The summed E-state index contributed by atoms with van der Waals surface area (Å²) in [6.07, 6.45) is 1.05. The Balaban J connectivity index is 1.69. The van der Waals surface area contributed by atoms with E-state index in [1.807, 2.05) is 13.8 Å². The number of nitrogens with one attached hydrogen (secondary N) is 1. The van der Waals surface area contributed by atoms with Gasteiger partial charge in [-0.05, 0) is 49.8 Å². The molecule has 1 aromatic carbocycles. The van der Waals surface area contributed by atoms with Gasteiger partial charge in [-0.25, -0.2) is 4.79 Å². The Morgan fingerprint density at radius 2 is 1.89 bits per heavy atom. The van der Waals surface area contributed by atoms with Crippen molar-refractivity contribution in [2.24, 2.45) is 28.4 Å². The van der Waals surface area contributed by atoms with Gasteiger partial charge in [0, 0.05) is 17.6 Å². The Morgan fingerprint density at radius 1 is 1.21 bits per heavy atom. The van der Waals surface area contributed by atoms with Crippen molar-refractivity contribution in [1.29, 1.82) is 0 Å². The van der Waals surface area contributed by atoms with Crippen LogP contribution >= 0.6 is 0 Å². The molecule has 2 aliphatic rings. The average Bonchev–Trinajstić information content (AvgIpc) is 3.17. The number of ether oxygens (including phenoxy) is 2. The summed E-state index contributed by atoms with van der Waals surface area (Å²) < 4.78 is 10.4. The van der Waals surface area contributed by atoms with Crippen molar-refractivity contribution >= 4 is 23.7 Å². The van der Waals surface area contributed by atoms with Gasteiger partial charge in [-0.3, -0.25) is 14.9 Å². The largest absolute Gasteiger partial charge is 0.466 e. The number of esters is 2. The third-order valence-corrected chi connectivity index (χ3v) is 6.78. The first-order valence-corrected chi connectivity index (χ1v) is 9.83. The maximum absolute atomic E-state index is 13.0. The highest BCUT2D eigenvalue weighted by Crippen LogP contribution is 2.77. The molecule has 1 aromatic rings. The van der Waals surface area contributed by atoms with Crippen LogP contribution < -0.4 is 11.1 Å². The molecule has 0 aliphatic heterocycles. The first kappa shape index (κ1) is 20.3. The van der Waals surface area contributed by atoms with E-state index in [-0.39, 0.29) is 17.8 Å². The Kier molecular flexibility index (Phi) is 5.48. The molecule has 3 N–H and O–H groups in total. The lowest BCUT2D eigenvalue weighted by Gasteiger charge is -2.34. The van der Waals surface area contributed by atoms with Gasteiger partial charge in [-0.15, -0.1) is 0 Å². The van der Waals surface area contributed by atoms with Crippen molar-refractivity contribution in [3.8, 4) is 0 Å². The zero-order valence-corrected chi connectivity index (χ0v) is 16.6. The summed E-state index contributed by atoms with van der Waals surface area (Å²) in [5.41, 5.74) is 5.64. The molecule has 3 rings (SSSR count). The summed E-state index contributed by atoms with van der Waals surface area (Å²) in [7, 11) is 0. The Bertz CT molecular complexity index is 778. The number of hydrogen-bond acceptors (Lipinski definition) is 6. The minimum absolute atomic E-state index is 0.103. The van der Waals surface area contributed by atoms with Gasteiger partial charge in [0.25, 0.3) is 0 Å². The van der Waals surface area contributed by atoms with Crippen LogP contribution in [0.15, 0.2) is 24.3 Å². The third-order valence-electron chi connectivity index (χ3n) is 6.78. The fourth-order valence-corrected chi connectivity index (χ4v) is 5.11. The van der Waals surface area contributed by atoms with Crippen molar-refractivity contribution in [3.63, 3.8) is 0 Å². The van der Waals surface area contributed by atoms with Crippen LogP contribution in [0.1, 0.15) is 45.6 Å². The minimum atomic E-state index is -0.851. The smallest absolute Gasteiger partial charge is 0.419 e. The molecular weight excluding hydrogens is 360 g/mol. The second-order valence-corrected chi connectivity index (χ2v) is 7.80. The van der Waals surface area contributed by atoms with Crippen LogP contribution in [0.3, 0.4) is 0 Å². The maximum Gasteiger partial charge on any atom is 0.419 e. The van der Waals surface area contributed by atoms with E-state index in [1.54, 1.807) is 31.2 Å². The van der Waals surface area contributed by atoms with E-state index in [4.69, 9.17) is 15.2 Å². The number of fused-ring (bicyclic) bond motifs is 1. The lowest BCUT2D eigenvalue weighted by molar-refractivity contribution is -0.156. The number of carbonyl (C=O) groups is 3. The van der Waals surface area contributed by atoms with E-state index in [0.29, 0.717) is 31.7 Å². The van der Waals surface area contributed by atoms with Gasteiger partial charge >= 0.3 is 18.0 Å². The van der Waals surface area contributed by atoms with E-state index < -0.39 is 22.9 Å². The van der Waals surface area contributed by atoms with Gasteiger partial charge in [0.05, 0.1) is 17.9 Å². The molecule has 0 heterocycles. The highest BCUT2D eigenvalue weighted by molar-refractivity contribution is 5.96. The third kappa shape index (κ3) is 3.07. The summed E-state index contributed by atoms with van der Waals surface area (Å²) in [4.78, 5) is 37.6. The fourth-order valence-electron chi connectivity index (χ4n) is 5.11. The van der Waals surface area contributed by atoms with Crippen LogP contribution in [-0.2, 0) is 25.6 Å². The molecule has 2 aliphatic carbocycles. The minimum Gasteiger partial charge on any atom is -0.466 e. The van der Waals surface area contributed by atoms with Crippen LogP contribution in [0, 0.1) is 22.7 Å². The molecule has 4 atom stereocenters. The van der Waals surface area contributed by atoms with Crippen LogP contribution in [0.25, 0.3) is 0 Å². The van der Waals surface area contributed by atoms with E-state index in [0.717, 1.165) is 12.0 Å². The van der Waals surface area contributed by atoms with Crippen molar-refractivity contribution in [2.45, 2.75) is 46.6 Å². The van der Waals surface area contributed by atoms with E-state index in [9.17, 15) is 14.4 Å². The van der Waals surface area contributed by atoms with Crippen LogP contribution in [-0.4, -0.2) is 24.6 Å². The van der Waals surface area contributed by atoms with Gasteiger partial charge in [-0.1, -0.05) is 26.0 Å². The SMILES string of the molecule is CCOC(=O)C1C2CCC(CC)(C(=O)OC(=O)Nc3ccc(CN)cc3)C21C. The van der Waals surface area contributed by atoms with Gasteiger partial charge in [0.1, 0.15) is 0 Å². The number of nitrogens with two attached hydrogens (primary N) is 1. The van der Waals surface area contributed by atoms with Gasteiger partial charge < -0.3 is 15.2 Å². The number of carbonyl (C=O) groups excluding carboxylic acids is 3. The molecule has 0 spiro atoms. The first-order chi connectivity index (χ1) is 13.3. The number of benzene rings is 1. The second-order valence-electron chi connectivity index (χ2n) is 7.80. The van der Waals surface area contributed by atoms with Crippen molar-refractivity contribution in [3.05, 3.63) is 29.8 Å². The monoisotopic (exact) mass is 388 g/mol. The van der Waals surface area contributed by atoms with Crippen LogP contribution in [0.2, 0.25) is 0 Å². The van der Waals surface area contributed by atoms with Crippen LogP contribution in [0.4, 0.5) is 10.5 Å². The molecule has 2 saturated carbocycles. The predicted octanol–water partition coefficient (Wildman–Crippen LogP) is 3.23. The molecule has 0 aromatic heterocycles. The Hall–Kier alpha value is -2.41. The predicted molar refractivity (Wildman–Crippen MR) is 103 cm³/mol. The number of amides is 1. The van der Waals surface area contributed by atoms with Gasteiger partial charge in [0.15, 0.2) is 0 Å². The van der Waals surface area contributed by atoms with Crippen molar-refractivity contribution < 1.29 is 23.9 Å². The van der Waals surface area contributed by atoms with E-state index >= 15 is 0 Å². The lowest BCUT2D eigenvalue weighted by atomic mass is 9.70. The summed E-state index contributed by atoms with van der Waals surface area (Å²) in [6.45, 7) is 6.33. The summed E-state index contributed by atoms with van der Waals surface area (Å²) >= 11 is 0. The first-order valence-electron chi connectivity index (χ1n) is 9.83. The highest BCUT2D eigenvalue weighted by atomic mass is 16.6. The molecule has 28 heavy (non-hydrogen) atoms. The zero-order chi connectivity index (χ0) is 20.5. The molecule has 7 nitrogen and oxygen atoms in total. The molecule has 2 fully saturated rings. The quantitative estimate of drug-likeness (QED) is 0.572. The fraction of sp³-hybridized carbons (Fsp3) is 0.571. The van der Waals surface area contributed by atoms with Gasteiger partial charge in [0.2, 0.25) is 0 Å². The summed E-state index contributed by atoms with van der Waals surface area (Å²) in [6, 6.07) is 6.99. The van der Waals surface area contributed by atoms with Crippen molar-refractivity contribution in [2.75, 3.05) is 11.9 Å². The number of hydrogen-bond donors (Lipinski definition) is 2. The topological polar surface area (TPSA) is 108 Å². The zero-order valence-electron chi connectivity index (χ0n) is 16.6. The molecule has 1 amide bonds. The molecule has 152 valence electrons. The Labute approximate surface area is 164 Å². The summed E-state index contributed by atoms with van der Waals surface area (Å²) in [5.74, 6) is -1.03. The standard InChI is InChI=1S/C21H28N2O5/c1-4-21(11-10-15-16(20(15,21)3)17(24)27-5-2)18(25)28-19(26)23-14-8-6-13(12-22)7-9-14/h6-9,15-16H,4-5,10-12,22H2,1-3H3,(H,23,26). The molecule has 0 radical (unpaired) electrons. The highest BCUT2D eigenvalue weighted by Gasteiger charge is 2.79. The average molecular weight is 388 g/mol. The number of rotatable bonds is 6. The molecule has 4 unspecified atom stereocenters. The maximum atomic E-state index is 13.0. The molecular formula is C21H28N2O5. The van der Waals surface area contributed by atoms with E-state index in [2.05, 4.69) is 5.32 Å². The van der Waals surface area contributed by atoms with Gasteiger partial charge in [-0.2, -0.15) is 0 Å². The Morgan fingerprint density at radius 3 is 2.46 bits per heavy atom. The lowest BCUT2D eigenvalue weighted by Crippen LogP contribution is -2.41. The normalized spacial score (nSPS) is 30.3. The molecule has 0 saturated heterocycles.